The molecule has 2 nitrogen and oxygen atoms in total. The van der Waals surface area contributed by atoms with E-state index in [-0.39, 0.29) is 6.04 Å². The van der Waals surface area contributed by atoms with Crippen molar-refractivity contribution in [2.24, 2.45) is 0 Å². The standard InChI is InChI=1S/C13H14F2N2S/c1-2-16-12(13-7-18-8-17-13)6-9-3-4-10(14)11(15)5-9/h3-5,7-8,12,16H,2,6H2,1H3. The molecule has 0 bridgehead atoms. The molecule has 0 aliphatic carbocycles. The lowest BCUT2D eigenvalue weighted by atomic mass is 10.0. The molecule has 2 rings (SSSR count). The number of benzene rings is 1. The fourth-order valence-electron chi connectivity index (χ4n) is 1.82. The van der Waals surface area contributed by atoms with Gasteiger partial charge in [0.05, 0.1) is 17.2 Å². The van der Waals surface area contributed by atoms with Crippen LogP contribution in [0.15, 0.2) is 29.1 Å². The lowest BCUT2D eigenvalue weighted by Crippen LogP contribution is -2.23. The molecule has 0 aliphatic heterocycles. The summed E-state index contributed by atoms with van der Waals surface area (Å²) in [6.45, 7) is 2.80. The van der Waals surface area contributed by atoms with Crippen molar-refractivity contribution in [3.8, 4) is 0 Å². The summed E-state index contributed by atoms with van der Waals surface area (Å²) in [6, 6.07) is 4.04. The smallest absolute Gasteiger partial charge is 0.159 e. The van der Waals surface area contributed by atoms with Gasteiger partial charge in [-0.15, -0.1) is 11.3 Å². The van der Waals surface area contributed by atoms with Crippen molar-refractivity contribution in [3.05, 3.63) is 52.0 Å². The highest BCUT2D eigenvalue weighted by atomic mass is 32.1. The second kappa shape index (κ2) is 6.02. The molecular formula is C13H14F2N2S. The van der Waals surface area contributed by atoms with Crippen molar-refractivity contribution in [1.82, 2.24) is 10.3 Å². The Morgan fingerprint density at radius 1 is 1.33 bits per heavy atom. The third-order valence-corrected chi connectivity index (χ3v) is 3.29. The Balaban J connectivity index is 2.16. The molecule has 1 N–H and O–H groups in total. The second-order valence-electron chi connectivity index (χ2n) is 3.98. The number of hydrogen-bond acceptors (Lipinski definition) is 3. The van der Waals surface area contributed by atoms with E-state index in [1.54, 1.807) is 11.6 Å². The number of rotatable bonds is 5. The van der Waals surface area contributed by atoms with Gasteiger partial charge in [-0.05, 0) is 30.7 Å². The van der Waals surface area contributed by atoms with Gasteiger partial charge in [-0.2, -0.15) is 0 Å². The summed E-state index contributed by atoms with van der Waals surface area (Å²) in [5, 5.41) is 5.26. The van der Waals surface area contributed by atoms with Crippen molar-refractivity contribution in [3.63, 3.8) is 0 Å². The largest absolute Gasteiger partial charge is 0.309 e. The van der Waals surface area contributed by atoms with Gasteiger partial charge in [0.1, 0.15) is 0 Å². The van der Waals surface area contributed by atoms with E-state index in [0.717, 1.165) is 23.9 Å². The van der Waals surface area contributed by atoms with Crippen LogP contribution < -0.4 is 5.32 Å². The topological polar surface area (TPSA) is 24.9 Å². The van der Waals surface area contributed by atoms with Gasteiger partial charge in [0.15, 0.2) is 11.6 Å². The highest BCUT2D eigenvalue weighted by molar-refractivity contribution is 7.07. The molecule has 2 aromatic rings. The number of nitrogens with zero attached hydrogens (tertiary/aromatic N) is 1. The third-order valence-electron chi connectivity index (χ3n) is 2.68. The van der Waals surface area contributed by atoms with Crippen LogP contribution in [0.4, 0.5) is 8.78 Å². The molecule has 0 saturated heterocycles. The average molecular weight is 268 g/mol. The molecule has 0 amide bonds. The van der Waals surface area contributed by atoms with E-state index in [9.17, 15) is 8.78 Å². The van der Waals surface area contributed by atoms with Gasteiger partial charge in [-0.25, -0.2) is 13.8 Å². The van der Waals surface area contributed by atoms with E-state index in [2.05, 4.69) is 10.3 Å². The van der Waals surface area contributed by atoms with Crippen LogP contribution in [0.3, 0.4) is 0 Å². The molecule has 0 fully saturated rings. The van der Waals surface area contributed by atoms with Crippen molar-refractivity contribution in [2.75, 3.05) is 6.54 Å². The van der Waals surface area contributed by atoms with Gasteiger partial charge in [0.25, 0.3) is 0 Å². The Bertz CT molecular complexity index is 500. The molecule has 1 heterocycles. The Hall–Kier alpha value is -1.33. The average Bonchev–Trinajstić information content (AvgIpc) is 2.87. The van der Waals surface area contributed by atoms with Crippen molar-refractivity contribution < 1.29 is 8.78 Å². The quantitative estimate of drug-likeness (QED) is 0.900. The molecule has 0 radical (unpaired) electrons. The zero-order valence-corrected chi connectivity index (χ0v) is 10.8. The first-order chi connectivity index (χ1) is 8.70. The maximum Gasteiger partial charge on any atom is 0.159 e. The Labute approximate surface area is 109 Å². The van der Waals surface area contributed by atoms with Crippen LogP contribution in [0.2, 0.25) is 0 Å². The zero-order chi connectivity index (χ0) is 13.0. The third kappa shape index (κ3) is 3.11. The molecule has 96 valence electrons. The van der Waals surface area contributed by atoms with Crippen LogP contribution in [-0.2, 0) is 6.42 Å². The molecule has 0 aliphatic rings. The minimum absolute atomic E-state index is 0.0334. The van der Waals surface area contributed by atoms with Gasteiger partial charge in [0, 0.05) is 5.38 Å². The summed E-state index contributed by atoms with van der Waals surface area (Å²) in [4.78, 5) is 4.26. The maximum atomic E-state index is 13.1. The first kappa shape index (κ1) is 13.1. The fraction of sp³-hybridized carbons (Fsp3) is 0.308. The normalized spacial score (nSPS) is 12.6. The number of aromatic nitrogens is 1. The summed E-state index contributed by atoms with van der Waals surface area (Å²) in [6.07, 6.45) is 0.592. The summed E-state index contributed by atoms with van der Waals surface area (Å²) in [5.74, 6) is -1.62. The lowest BCUT2D eigenvalue weighted by Gasteiger charge is -2.15. The number of hydrogen-bond donors (Lipinski definition) is 1. The van der Waals surface area contributed by atoms with Crippen LogP contribution >= 0.6 is 11.3 Å². The second-order valence-corrected chi connectivity index (χ2v) is 4.69. The van der Waals surface area contributed by atoms with Gasteiger partial charge >= 0.3 is 0 Å². The van der Waals surface area contributed by atoms with Crippen LogP contribution in [0.5, 0.6) is 0 Å². The molecular weight excluding hydrogens is 254 g/mol. The predicted octanol–water partition coefficient (Wildman–Crippen LogP) is 3.31. The van der Waals surface area contributed by atoms with E-state index in [1.165, 1.54) is 17.4 Å². The Kier molecular flexibility index (Phi) is 4.38. The summed E-state index contributed by atoms with van der Waals surface area (Å²) < 4.78 is 26.0. The van der Waals surface area contributed by atoms with E-state index in [4.69, 9.17) is 0 Å². The molecule has 1 aromatic heterocycles. The molecule has 0 saturated carbocycles. The number of nitrogens with one attached hydrogen (secondary N) is 1. The molecule has 1 unspecified atom stereocenters. The molecule has 1 atom stereocenters. The van der Waals surface area contributed by atoms with E-state index < -0.39 is 11.6 Å². The predicted molar refractivity (Wildman–Crippen MR) is 68.6 cm³/mol. The summed E-state index contributed by atoms with van der Waals surface area (Å²) in [7, 11) is 0. The molecule has 0 spiro atoms. The van der Waals surface area contributed by atoms with Gasteiger partial charge < -0.3 is 5.32 Å². The number of likely N-dealkylation sites (N-methyl/N-ethyl adjacent to an activating group) is 1. The van der Waals surface area contributed by atoms with Gasteiger partial charge in [0.2, 0.25) is 0 Å². The summed E-state index contributed by atoms with van der Waals surface area (Å²) >= 11 is 1.52. The first-order valence-corrected chi connectivity index (χ1v) is 6.70. The Morgan fingerprint density at radius 3 is 2.78 bits per heavy atom. The number of thiazole rings is 1. The van der Waals surface area contributed by atoms with E-state index in [0.29, 0.717) is 6.42 Å². The van der Waals surface area contributed by atoms with E-state index in [1.807, 2.05) is 12.3 Å². The van der Waals surface area contributed by atoms with Crippen molar-refractivity contribution >= 4 is 11.3 Å². The van der Waals surface area contributed by atoms with Crippen molar-refractivity contribution in [1.29, 1.82) is 0 Å². The molecule has 18 heavy (non-hydrogen) atoms. The lowest BCUT2D eigenvalue weighted by molar-refractivity contribution is 0.501. The van der Waals surface area contributed by atoms with Gasteiger partial charge in [-0.3, -0.25) is 0 Å². The SMILES string of the molecule is CCNC(Cc1ccc(F)c(F)c1)c1cscn1. The minimum Gasteiger partial charge on any atom is -0.309 e. The van der Waals surface area contributed by atoms with Crippen LogP contribution in [0.25, 0.3) is 0 Å². The van der Waals surface area contributed by atoms with Crippen molar-refractivity contribution in [2.45, 2.75) is 19.4 Å². The highest BCUT2D eigenvalue weighted by Crippen LogP contribution is 2.19. The van der Waals surface area contributed by atoms with E-state index >= 15 is 0 Å². The fourth-order valence-corrected chi connectivity index (χ4v) is 2.43. The maximum absolute atomic E-state index is 13.1. The van der Waals surface area contributed by atoms with Gasteiger partial charge in [-0.1, -0.05) is 13.0 Å². The molecule has 1 aromatic carbocycles. The van der Waals surface area contributed by atoms with Crippen LogP contribution in [-0.4, -0.2) is 11.5 Å². The highest BCUT2D eigenvalue weighted by Gasteiger charge is 2.14. The Morgan fingerprint density at radius 2 is 2.17 bits per heavy atom. The monoisotopic (exact) mass is 268 g/mol. The zero-order valence-electron chi connectivity index (χ0n) is 9.99. The van der Waals surface area contributed by atoms with Crippen LogP contribution in [0.1, 0.15) is 24.2 Å². The first-order valence-electron chi connectivity index (χ1n) is 5.76. The minimum atomic E-state index is -0.813. The molecule has 5 heteroatoms. The van der Waals surface area contributed by atoms with Crippen LogP contribution in [0, 0.1) is 11.6 Å². The summed E-state index contributed by atoms with van der Waals surface area (Å²) in [5.41, 5.74) is 3.46. The number of halogens is 2.